The van der Waals surface area contributed by atoms with Crippen LogP contribution in [0.25, 0.3) is 77.0 Å². The van der Waals surface area contributed by atoms with Gasteiger partial charge in [0, 0.05) is 18.5 Å². The summed E-state index contributed by atoms with van der Waals surface area (Å²) < 4.78 is 11.5. The molecule has 0 bridgehead atoms. The number of rotatable bonds is 5. The van der Waals surface area contributed by atoms with Gasteiger partial charge < -0.3 is 19.4 Å². The second kappa shape index (κ2) is 15.8. The third-order valence-electron chi connectivity index (χ3n) is 12.7. The van der Waals surface area contributed by atoms with E-state index in [0.29, 0.717) is 18.8 Å². The van der Waals surface area contributed by atoms with Gasteiger partial charge in [0.2, 0.25) is 0 Å². The number of hydrogen-bond acceptors (Lipinski definition) is 6. The van der Waals surface area contributed by atoms with E-state index in [2.05, 4.69) is 126 Å². The fraction of sp³-hybridized carbons (Fsp3) is 0.309. The molecule has 2 N–H and O–H groups in total. The summed E-state index contributed by atoms with van der Waals surface area (Å²) in [6.07, 6.45) is 7.50. The Hall–Kier alpha value is -7.12. The Morgan fingerprint density at radius 1 is 0.600 bits per heavy atom. The largest absolute Gasteiger partial charge is 0.444 e. The molecule has 4 atom stereocenters. The summed E-state index contributed by atoms with van der Waals surface area (Å²) in [4.78, 5) is 46.8. The molecule has 4 heterocycles. The number of carbonyl (C=O) groups is 2. The molecule has 0 unspecified atom stereocenters. The minimum absolute atomic E-state index is 0.0653. The number of ether oxygens (including phenoxy) is 2. The van der Waals surface area contributed by atoms with Crippen molar-refractivity contribution in [2.45, 2.75) is 97.1 Å². The average molecular weight is 863 g/mol. The zero-order valence-electron chi connectivity index (χ0n) is 38.0. The summed E-state index contributed by atoms with van der Waals surface area (Å²) in [5, 5.41) is 4.65. The highest BCUT2D eigenvalue weighted by molar-refractivity contribution is 5.95. The van der Waals surface area contributed by atoms with Crippen molar-refractivity contribution in [2.24, 2.45) is 5.92 Å². The van der Waals surface area contributed by atoms with E-state index in [1.165, 1.54) is 5.39 Å². The van der Waals surface area contributed by atoms with Gasteiger partial charge in [-0.3, -0.25) is 9.80 Å². The van der Waals surface area contributed by atoms with E-state index < -0.39 is 11.2 Å². The highest BCUT2D eigenvalue weighted by Gasteiger charge is 2.41. The maximum Gasteiger partial charge on any atom is 0.411 e. The number of aromatic amines is 2. The van der Waals surface area contributed by atoms with Crippen molar-refractivity contribution in [3.8, 4) is 45.7 Å². The zero-order valence-corrected chi connectivity index (χ0v) is 38.0. The van der Waals surface area contributed by atoms with Crippen molar-refractivity contribution in [1.29, 1.82) is 0 Å². The SMILES string of the molecule is C#C[C@@H]1C[C@@H](c2nc3ccc(-c4ccc5cc(-c6ccc7cc(-c8ccc9nc([C@@H]%10CC[C@@H](C)N%10C(=O)OC(C)(C)C)[nH]c9c8)ccc7c6)ccc5c4)cc3[nH]2)N(C(=O)OC(C)(C)C)C1. The molecule has 2 aromatic heterocycles. The van der Waals surface area contributed by atoms with Gasteiger partial charge in [-0.25, -0.2) is 19.6 Å². The number of nitrogens with one attached hydrogen (secondary N) is 2. The first-order valence-electron chi connectivity index (χ1n) is 22.6. The molecule has 328 valence electrons. The third kappa shape index (κ3) is 8.28. The van der Waals surface area contributed by atoms with Crippen LogP contribution < -0.4 is 0 Å². The number of hydrogen-bond donors (Lipinski definition) is 2. The summed E-state index contributed by atoms with van der Waals surface area (Å²) >= 11 is 0. The van der Waals surface area contributed by atoms with Crippen molar-refractivity contribution in [2.75, 3.05) is 6.54 Å². The normalized spacial score (nSPS) is 19.1. The van der Waals surface area contributed by atoms with Gasteiger partial charge in [0.1, 0.15) is 22.9 Å². The zero-order chi connectivity index (χ0) is 45.4. The van der Waals surface area contributed by atoms with Crippen LogP contribution in [-0.4, -0.2) is 65.7 Å². The number of imidazole rings is 2. The van der Waals surface area contributed by atoms with Gasteiger partial charge in [-0.15, -0.1) is 12.3 Å². The van der Waals surface area contributed by atoms with Gasteiger partial charge in [0.25, 0.3) is 0 Å². The van der Waals surface area contributed by atoms with Crippen molar-refractivity contribution < 1.29 is 19.1 Å². The summed E-state index contributed by atoms with van der Waals surface area (Å²) in [5.74, 6) is 4.28. The number of fused-ring (bicyclic) bond motifs is 4. The highest BCUT2D eigenvalue weighted by Crippen LogP contribution is 2.39. The van der Waals surface area contributed by atoms with Crippen LogP contribution in [0.2, 0.25) is 0 Å². The van der Waals surface area contributed by atoms with Crippen LogP contribution in [0.4, 0.5) is 9.59 Å². The maximum absolute atomic E-state index is 13.2. The molecule has 2 amide bonds. The van der Waals surface area contributed by atoms with Gasteiger partial charge in [-0.1, -0.05) is 60.7 Å². The molecule has 0 saturated carbocycles. The first kappa shape index (κ1) is 41.9. The molecule has 10 rings (SSSR count). The van der Waals surface area contributed by atoms with Crippen LogP contribution in [0, 0.1) is 18.3 Å². The highest BCUT2D eigenvalue weighted by atomic mass is 16.6. The Labute approximate surface area is 379 Å². The van der Waals surface area contributed by atoms with Crippen LogP contribution in [-0.2, 0) is 9.47 Å². The quantitative estimate of drug-likeness (QED) is 0.166. The van der Waals surface area contributed by atoms with E-state index in [0.717, 1.165) is 90.3 Å². The maximum atomic E-state index is 13.2. The van der Waals surface area contributed by atoms with Gasteiger partial charge in [-0.2, -0.15) is 0 Å². The molecule has 10 heteroatoms. The molecule has 6 aromatic carbocycles. The second-order valence-electron chi connectivity index (χ2n) is 19.8. The number of benzene rings is 6. The molecule has 0 aliphatic carbocycles. The van der Waals surface area contributed by atoms with Crippen LogP contribution in [0.5, 0.6) is 0 Å². The standard InChI is InChI=1S/C55H54N6O4/c1-9-33-24-49(60(31-33)52(62)64-54(3,4)5)51-57-45-22-20-43(30-47(45)59-51)41-18-16-37-26-35(12-14-39(37)28-41)34-11-13-38-27-40(17-15-36(38)25-34)42-19-21-44-46(29-42)58-50(56-44)48-23-10-32(2)61(48)53(63)65-55(6,7)8/h1,11-22,25-30,32-33,48-49H,10,23-24,31H2,2-8H3,(H,56,58)(H,57,59)/t32-,33-,48+,49+/m1/s1. The van der Waals surface area contributed by atoms with Gasteiger partial charge in [-0.05, 0) is 171 Å². The smallest absolute Gasteiger partial charge is 0.411 e. The lowest BCUT2D eigenvalue weighted by molar-refractivity contribution is 0.0150. The van der Waals surface area contributed by atoms with Crippen LogP contribution in [0.15, 0.2) is 109 Å². The third-order valence-corrected chi connectivity index (χ3v) is 12.7. The van der Waals surface area contributed by atoms with Crippen molar-refractivity contribution in [1.82, 2.24) is 29.7 Å². The Kier molecular flexibility index (Phi) is 10.2. The first-order valence-corrected chi connectivity index (χ1v) is 22.6. The number of H-pyrrole nitrogens is 2. The van der Waals surface area contributed by atoms with Crippen molar-refractivity contribution in [3.05, 3.63) is 121 Å². The molecule has 10 nitrogen and oxygen atoms in total. The van der Waals surface area contributed by atoms with Gasteiger partial charge in [0.15, 0.2) is 0 Å². The lowest BCUT2D eigenvalue weighted by atomic mass is 9.95. The average Bonchev–Trinajstić information content (AvgIpc) is 4.08. The van der Waals surface area contributed by atoms with Crippen LogP contribution in [0.1, 0.15) is 91.5 Å². The topological polar surface area (TPSA) is 116 Å². The van der Waals surface area contributed by atoms with Crippen LogP contribution >= 0.6 is 0 Å². The Morgan fingerprint density at radius 3 is 1.46 bits per heavy atom. The first-order chi connectivity index (χ1) is 31.1. The second-order valence-corrected chi connectivity index (χ2v) is 19.8. The van der Waals surface area contributed by atoms with Crippen molar-refractivity contribution in [3.63, 3.8) is 0 Å². The minimum Gasteiger partial charge on any atom is -0.444 e. The summed E-state index contributed by atoms with van der Waals surface area (Å²) in [7, 11) is 0. The molecule has 0 radical (unpaired) electrons. The molecule has 2 aliphatic heterocycles. The predicted octanol–water partition coefficient (Wildman–Crippen LogP) is 13.1. The Bertz CT molecular complexity index is 3220. The fourth-order valence-corrected chi connectivity index (χ4v) is 9.56. The van der Waals surface area contributed by atoms with E-state index in [9.17, 15) is 9.59 Å². The molecule has 2 fully saturated rings. The van der Waals surface area contributed by atoms with Crippen molar-refractivity contribution >= 4 is 55.8 Å². The molecule has 8 aromatic rings. The fourth-order valence-electron chi connectivity index (χ4n) is 9.56. The number of terminal acetylenes is 1. The molecule has 65 heavy (non-hydrogen) atoms. The summed E-state index contributed by atoms with van der Waals surface area (Å²) in [6.45, 7) is 13.8. The van der Waals surface area contributed by atoms with Crippen LogP contribution in [0.3, 0.4) is 0 Å². The summed E-state index contributed by atoms with van der Waals surface area (Å²) in [5.41, 5.74) is 9.11. The number of amides is 2. The number of likely N-dealkylation sites (tertiary alicyclic amines) is 2. The number of carbonyl (C=O) groups excluding carboxylic acids is 2. The predicted molar refractivity (Wildman–Crippen MR) is 259 cm³/mol. The number of aromatic nitrogens is 4. The lowest BCUT2D eigenvalue weighted by Gasteiger charge is -2.30. The molecule has 0 spiro atoms. The molecular formula is C55H54N6O4. The van der Waals surface area contributed by atoms with E-state index in [-0.39, 0.29) is 36.2 Å². The van der Waals surface area contributed by atoms with E-state index >= 15 is 0 Å². The summed E-state index contributed by atoms with van der Waals surface area (Å²) in [6, 6.07) is 38.7. The minimum atomic E-state index is -0.610. The molecule has 2 saturated heterocycles. The van der Waals surface area contributed by atoms with Gasteiger partial charge in [0.05, 0.1) is 34.2 Å². The van der Waals surface area contributed by atoms with Gasteiger partial charge >= 0.3 is 12.2 Å². The van der Waals surface area contributed by atoms with E-state index in [1.54, 1.807) is 4.90 Å². The molecular weight excluding hydrogens is 809 g/mol. The number of nitrogens with zero attached hydrogens (tertiary/aromatic N) is 4. The Balaban J connectivity index is 0.858. The van der Waals surface area contributed by atoms with E-state index in [1.807, 2.05) is 52.5 Å². The Morgan fingerprint density at radius 2 is 1.02 bits per heavy atom. The lowest BCUT2D eigenvalue weighted by Crippen LogP contribution is -2.40. The molecule has 2 aliphatic rings. The monoisotopic (exact) mass is 862 g/mol. The van der Waals surface area contributed by atoms with E-state index in [4.69, 9.17) is 25.9 Å².